The van der Waals surface area contributed by atoms with E-state index in [0.717, 1.165) is 62.9 Å². The van der Waals surface area contributed by atoms with Crippen molar-refractivity contribution in [3.05, 3.63) is 34.9 Å². The number of piperidine rings is 1. The molecule has 152 valence electrons. The number of anilines is 2. The first-order chi connectivity index (χ1) is 13.6. The summed E-state index contributed by atoms with van der Waals surface area (Å²) < 4.78 is 6.13. The highest BCUT2D eigenvalue weighted by atomic mass is 35.5. The molecule has 0 bridgehead atoms. The van der Waals surface area contributed by atoms with Crippen molar-refractivity contribution in [3.8, 4) is 0 Å². The lowest BCUT2D eigenvalue weighted by Crippen LogP contribution is -2.57. The van der Waals surface area contributed by atoms with Crippen molar-refractivity contribution in [2.45, 2.75) is 50.8 Å². The molecule has 0 amide bonds. The Kier molecular flexibility index (Phi) is 6.04. The van der Waals surface area contributed by atoms with Gasteiger partial charge in [-0.05, 0) is 43.4 Å². The summed E-state index contributed by atoms with van der Waals surface area (Å²) in [5.41, 5.74) is 6.99. The Labute approximate surface area is 171 Å². The molecule has 0 spiro atoms. The minimum absolute atomic E-state index is 0.327. The van der Waals surface area contributed by atoms with E-state index in [1.807, 2.05) is 12.1 Å². The van der Waals surface area contributed by atoms with Crippen molar-refractivity contribution in [2.75, 3.05) is 36.9 Å². The van der Waals surface area contributed by atoms with Gasteiger partial charge in [-0.1, -0.05) is 30.7 Å². The van der Waals surface area contributed by atoms with E-state index in [9.17, 15) is 0 Å². The van der Waals surface area contributed by atoms with Crippen LogP contribution in [0.1, 0.15) is 31.7 Å². The molecule has 7 nitrogen and oxygen atoms in total. The molecule has 1 aromatic heterocycles. The average molecular weight is 405 g/mol. The van der Waals surface area contributed by atoms with Gasteiger partial charge in [-0.2, -0.15) is 0 Å². The zero-order valence-corrected chi connectivity index (χ0v) is 17.1. The van der Waals surface area contributed by atoms with Crippen molar-refractivity contribution in [3.63, 3.8) is 0 Å². The number of nitrogens with two attached hydrogens (primary N) is 1. The fraction of sp³-hybridized carbons (Fsp3) is 0.600. The molecule has 0 radical (unpaired) electrons. The number of hydrogen-bond acceptors (Lipinski definition) is 6. The molecule has 2 aliphatic heterocycles. The van der Waals surface area contributed by atoms with Crippen molar-refractivity contribution < 1.29 is 4.74 Å². The van der Waals surface area contributed by atoms with Gasteiger partial charge in [-0.25, -0.2) is 0 Å². The van der Waals surface area contributed by atoms with Crippen molar-refractivity contribution in [1.29, 1.82) is 0 Å². The van der Waals surface area contributed by atoms with Crippen molar-refractivity contribution in [2.24, 2.45) is 0 Å². The number of rotatable bonds is 5. The third kappa shape index (κ3) is 4.42. The van der Waals surface area contributed by atoms with Crippen LogP contribution in [0.25, 0.3) is 0 Å². The number of nitrogen functional groups attached to an aromatic ring is 1. The van der Waals surface area contributed by atoms with Gasteiger partial charge in [0.2, 0.25) is 11.9 Å². The Bertz CT molecular complexity index is 758. The van der Waals surface area contributed by atoms with Gasteiger partial charge in [0.1, 0.15) is 0 Å². The third-order valence-corrected chi connectivity index (χ3v) is 6.23. The molecule has 2 fully saturated rings. The highest BCUT2D eigenvalue weighted by Crippen LogP contribution is 2.27. The number of hydrogen-bond donors (Lipinski definition) is 2. The molecule has 3 heterocycles. The van der Waals surface area contributed by atoms with E-state index in [1.54, 1.807) is 0 Å². The molecule has 0 saturated carbocycles. The van der Waals surface area contributed by atoms with Gasteiger partial charge in [-0.3, -0.25) is 9.88 Å². The van der Waals surface area contributed by atoms with Crippen molar-refractivity contribution in [1.82, 2.24) is 20.1 Å². The van der Waals surface area contributed by atoms with E-state index >= 15 is 0 Å². The fourth-order valence-corrected chi connectivity index (χ4v) is 4.49. The molecule has 1 unspecified atom stereocenters. The van der Waals surface area contributed by atoms with Crippen molar-refractivity contribution >= 4 is 23.5 Å². The van der Waals surface area contributed by atoms with Gasteiger partial charge in [0.25, 0.3) is 0 Å². The average Bonchev–Trinajstić information content (AvgIpc) is 3.16. The second-order valence-electron chi connectivity index (χ2n) is 7.80. The molecule has 4 rings (SSSR count). The van der Waals surface area contributed by atoms with Crippen LogP contribution in [0.2, 0.25) is 5.02 Å². The summed E-state index contributed by atoms with van der Waals surface area (Å²) in [5.74, 6) is 1.15. The zero-order chi connectivity index (χ0) is 19.5. The quantitative estimate of drug-likeness (QED) is 0.797. The lowest BCUT2D eigenvalue weighted by atomic mass is 9.96. The number of nitrogens with one attached hydrogen (secondary N) is 1. The predicted octanol–water partition coefficient (Wildman–Crippen LogP) is 2.73. The maximum atomic E-state index is 6.13. The normalized spacial score (nSPS) is 24.6. The fourth-order valence-electron chi connectivity index (χ4n) is 4.36. The number of aromatic amines is 1. The Morgan fingerprint density at radius 2 is 1.96 bits per heavy atom. The Morgan fingerprint density at radius 3 is 2.61 bits per heavy atom. The summed E-state index contributed by atoms with van der Waals surface area (Å²) in [5, 5.41) is 8.80. The number of benzene rings is 1. The van der Waals surface area contributed by atoms with E-state index in [0.29, 0.717) is 24.1 Å². The maximum absolute atomic E-state index is 6.13. The Morgan fingerprint density at radius 1 is 1.21 bits per heavy atom. The third-order valence-electron chi connectivity index (χ3n) is 5.97. The van der Waals surface area contributed by atoms with Crippen LogP contribution < -0.4 is 10.6 Å². The van der Waals surface area contributed by atoms with Crippen LogP contribution >= 0.6 is 11.6 Å². The Hall–Kier alpha value is -1.83. The number of nitrogens with zero attached hydrogens (tertiary/aromatic N) is 4. The minimum atomic E-state index is 0.327. The topological polar surface area (TPSA) is 83.3 Å². The van der Waals surface area contributed by atoms with Crippen LogP contribution in [0, 0.1) is 0 Å². The highest BCUT2D eigenvalue weighted by molar-refractivity contribution is 6.30. The molecule has 2 aliphatic rings. The lowest BCUT2D eigenvalue weighted by Gasteiger charge is -2.46. The first kappa shape index (κ1) is 19.5. The first-order valence-electron chi connectivity index (χ1n) is 10.2. The van der Waals surface area contributed by atoms with Gasteiger partial charge in [0.05, 0.1) is 12.7 Å². The largest absolute Gasteiger partial charge is 0.375 e. The SMILES string of the molecule is CCC1CN(C2CCN(c3nnc(N)[nH]3)CC2)[C@@H](Cc2ccc(Cl)cc2)CO1. The molecule has 1 aromatic carbocycles. The Balaban J connectivity index is 1.42. The smallest absolute Gasteiger partial charge is 0.226 e. The van der Waals surface area contributed by atoms with Crippen LogP contribution in [-0.2, 0) is 11.2 Å². The summed E-state index contributed by atoms with van der Waals surface area (Å²) in [6.07, 6.45) is 4.59. The highest BCUT2D eigenvalue weighted by Gasteiger charge is 2.35. The van der Waals surface area contributed by atoms with Gasteiger partial charge in [-0.15, -0.1) is 10.2 Å². The van der Waals surface area contributed by atoms with Crippen LogP contribution in [0.3, 0.4) is 0 Å². The van der Waals surface area contributed by atoms with Gasteiger partial charge in [0.15, 0.2) is 0 Å². The second-order valence-corrected chi connectivity index (χ2v) is 8.23. The van der Waals surface area contributed by atoms with Crippen LogP contribution in [0.15, 0.2) is 24.3 Å². The molecule has 0 aliphatic carbocycles. The van der Waals surface area contributed by atoms with E-state index in [2.05, 4.69) is 44.0 Å². The second kappa shape index (κ2) is 8.68. The van der Waals surface area contributed by atoms with E-state index in [-0.39, 0.29) is 0 Å². The molecule has 28 heavy (non-hydrogen) atoms. The van der Waals surface area contributed by atoms with E-state index in [1.165, 1.54) is 5.56 Å². The van der Waals surface area contributed by atoms with Gasteiger partial charge < -0.3 is 15.4 Å². The van der Waals surface area contributed by atoms with Gasteiger partial charge >= 0.3 is 0 Å². The molecule has 2 saturated heterocycles. The van der Waals surface area contributed by atoms with Crippen LogP contribution in [0.4, 0.5) is 11.9 Å². The summed E-state index contributed by atoms with van der Waals surface area (Å²) in [4.78, 5) is 7.97. The summed E-state index contributed by atoms with van der Waals surface area (Å²) in [6.45, 7) is 5.93. The number of morpholine rings is 1. The van der Waals surface area contributed by atoms with Crippen LogP contribution in [0.5, 0.6) is 0 Å². The zero-order valence-electron chi connectivity index (χ0n) is 16.4. The van der Waals surface area contributed by atoms with E-state index < -0.39 is 0 Å². The molecular weight excluding hydrogens is 376 g/mol. The predicted molar refractivity (Wildman–Crippen MR) is 112 cm³/mol. The van der Waals surface area contributed by atoms with Gasteiger partial charge in [0, 0.05) is 36.7 Å². The standard InChI is InChI=1S/C20H29ClN6O/c1-2-18-12-27(17(13-28-18)11-14-3-5-15(21)6-4-14)16-7-9-26(10-8-16)20-23-19(22)24-25-20/h3-6,16-18H,2,7-13H2,1H3,(H3,22,23,24,25)/t17-,18?/m0/s1. The summed E-state index contributed by atoms with van der Waals surface area (Å²) in [6, 6.07) is 9.17. The molecule has 8 heteroatoms. The van der Waals surface area contributed by atoms with E-state index in [4.69, 9.17) is 22.1 Å². The molecule has 2 atom stereocenters. The summed E-state index contributed by atoms with van der Waals surface area (Å²) >= 11 is 6.05. The molecule has 3 N–H and O–H groups in total. The number of aromatic nitrogens is 3. The monoisotopic (exact) mass is 404 g/mol. The summed E-state index contributed by atoms with van der Waals surface area (Å²) in [7, 11) is 0. The number of halogens is 1. The van der Waals surface area contributed by atoms with Crippen LogP contribution in [-0.4, -0.2) is 64.5 Å². The maximum Gasteiger partial charge on any atom is 0.226 e. The lowest BCUT2D eigenvalue weighted by molar-refractivity contribution is -0.0828. The minimum Gasteiger partial charge on any atom is -0.375 e. The number of ether oxygens (including phenoxy) is 1. The molecular formula is C20H29ClN6O. The number of H-pyrrole nitrogens is 1. The molecule has 2 aromatic rings. The first-order valence-corrected chi connectivity index (χ1v) is 10.5.